The summed E-state index contributed by atoms with van der Waals surface area (Å²) in [4.78, 5) is 0. The molecule has 0 aromatic heterocycles. The summed E-state index contributed by atoms with van der Waals surface area (Å²) in [6.45, 7) is 10.7. The Labute approximate surface area is 88.8 Å². The van der Waals surface area contributed by atoms with E-state index in [4.69, 9.17) is 5.11 Å². The molecule has 0 atom stereocenters. The Hall–Kier alpha value is -0.820. The van der Waals surface area contributed by atoms with Crippen molar-refractivity contribution in [3.63, 3.8) is 0 Å². The van der Waals surface area contributed by atoms with Crippen LogP contribution < -0.4 is 0 Å². The summed E-state index contributed by atoms with van der Waals surface area (Å²) in [5.74, 6) is 0. The predicted molar refractivity (Wildman–Crippen MR) is 64.6 cm³/mol. The van der Waals surface area contributed by atoms with Crippen molar-refractivity contribution in [1.82, 2.24) is 0 Å². The van der Waals surface area contributed by atoms with Gasteiger partial charge in [-0.25, -0.2) is 0 Å². The first-order valence-electron chi connectivity index (χ1n) is 5.11. The second kappa shape index (κ2) is 8.76. The maximum Gasteiger partial charge on any atom is 0.0319 e. The van der Waals surface area contributed by atoms with Gasteiger partial charge in [0.2, 0.25) is 0 Å². The van der Waals surface area contributed by atoms with Crippen molar-refractivity contribution in [3.8, 4) is 0 Å². The minimum atomic E-state index is 0.293. The van der Waals surface area contributed by atoms with Gasteiger partial charge in [0.05, 0.1) is 0 Å². The summed E-state index contributed by atoms with van der Waals surface area (Å²) >= 11 is 0. The monoisotopic (exact) mass is 196 g/mol. The smallest absolute Gasteiger partial charge is 0.0319 e. The molecule has 1 N–H and O–H groups in total. The fourth-order valence-corrected chi connectivity index (χ4v) is 0.938. The largest absolute Gasteiger partial charge is 0.400 e. The molecule has 0 radical (unpaired) electrons. The van der Waals surface area contributed by atoms with Crippen molar-refractivity contribution in [2.45, 2.75) is 40.0 Å². The molecule has 0 fully saturated rings. The molecule has 1 nitrogen and oxygen atoms in total. The Morgan fingerprint density at radius 2 is 1.21 bits per heavy atom. The zero-order chi connectivity index (χ0) is 11.6. The van der Waals surface area contributed by atoms with Crippen molar-refractivity contribution in [3.05, 3.63) is 35.9 Å². The minimum absolute atomic E-state index is 0.293. The first kappa shape index (κ1) is 15.6. The van der Waals surface area contributed by atoms with Crippen molar-refractivity contribution >= 4 is 0 Å². The van der Waals surface area contributed by atoms with E-state index >= 15 is 0 Å². The summed E-state index contributed by atoms with van der Waals surface area (Å²) in [7, 11) is 1.00. The van der Waals surface area contributed by atoms with Gasteiger partial charge >= 0.3 is 0 Å². The third-order valence-corrected chi connectivity index (χ3v) is 1.64. The van der Waals surface area contributed by atoms with E-state index in [-0.39, 0.29) is 0 Å². The summed E-state index contributed by atoms with van der Waals surface area (Å²) < 4.78 is 0. The number of aliphatic hydroxyl groups is 1. The first-order valence-corrected chi connectivity index (χ1v) is 5.11. The molecule has 0 saturated carbocycles. The molecule has 0 aliphatic heterocycles. The Balaban J connectivity index is 0. The molecule has 0 heterocycles. The average molecular weight is 196 g/mol. The van der Waals surface area contributed by atoms with Crippen LogP contribution in [-0.4, -0.2) is 12.2 Å². The zero-order valence-electron chi connectivity index (χ0n) is 10.3. The normalized spacial score (nSPS) is 9.07. The number of aliphatic hydroxyl groups excluding tert-OH is 1. The number of hydrogen-bond acceptors (Lipinski definition) is 1. The lowest BCUT2D eigenvalue weighted by atomic mass is 9.87. The highest BCUT2D eigenvalue weighted by molar-refractivity contribution is 5.21. The highest BCUT2D eigenvalue weighted by atomic mass is 16.2. The quantitative estimate of drug-likeness (QED) is 0.672. The van der Waals surface area contributed by atoms with E-state index in [9.17, 15) is 0 Å². The van der Waals surface area contributed by atoms with Crippen molar-refractivity contribution in [2.24, 2.45) is 0 Å². The second-order valence-electron chi connectivity index (χ2n) is 3.62. The fourth-order valence-electron chi connectivity index (χ4n) is 0.938. The Morgan fingerprint density at radius 3 is 1.43 bits per heavy atom. The lowest BCUT2D eigenvalue weighted by molar-refractivity contribution is 0.399. The van der Waals surface area contributed by atoms with Gasteiger partial charge < -0.3 is 5.11 Å². The molecule has 82 valence electrons. The molecule has 1 heteroatoms. The number of rotatable bonds is 0. The number of benzene rings is 1. The highest BCUT2D eigenvalue weighted by Crippen LogP contribution is 2.20. The summed E-state index contributed by atoms with van der Waals surface area (Å²) in [5.41, 5.74) is 1.69. The van der Waals surface area contributed by atoms with Crippen LogP contribution >= 0.6 is 0 Å². The highest BCUT2D eigenvalue weighted by Gasteiger charge is 2.11. The van der Waals surface area contributed by atoms with E-state index in [0.717, 1.165) is 7.11 Å². The van der Waals surface area contributed by atoms with Crippen LogP contribution in [0.3, 0.4) is 0 Å². The van der Waals surface area contributed by atoms with Gasteiger partial charge in [0.1, 0.15) is 0 Å². The summed E-state index contributed by atoms with van der Waals surface area (Å²) in [6.07, 6.45) is 0. The first-order chi connectivity index (χ1) is 6.61. The summed E-state index contributed by atoms with van der Waals surface area (Å²) in [5, 5.41) is 7.00. The molecule has 0 aliphatic rings. The standard InChI is InChI=1S/C10H14.C2H6.CH4O/c1-10(2,3)9-7-5-4-6-8-9;2*1-2/h4-8H,1-3H3;1-2H3;2H,1H3. The summed E-state index contributed by atoms with van der Waals surface area (Å²) in [6, 6.07) is 10.6. The Kier molecular flexibility index (Phi) is 9.79. The van der Waals surface area contributed by atoms with E-state index < -0.39 is 0 Å². The number of hydrogen-bond donors (Lipinski definition) is 1. The predicted octanol–water partition coefficient (Wildman–Crippen LogP) is 3.62. The van der Waals surface area contributed by atoms with Gasteiger partial charge in [-0.1, -0.05) is 65.0 Å². The molecule has 1 aromatic rings. The molecule has 1 aromatic carbocycles. The fraction of sp³-hybridized carbons (Fsp3) is 0.538. The maximum absolute atomic E-state index is 7.00. The lowest BCUT2D eigenvalue weighted by Gasteiger charge is -2.18. The van der Waals surface area contributed by atoms with E-state index in [1.807, 2.05) is 13.8 Å². The van der Waals surface area contributed by atoms with Gasteiger partial charge in [-0.15, -0.1) is 0 Å². The van der Waals surface area contributed by atoms with Crippen molar-refractivity contribution < 1.29 is 5.11 Å². The molecule has 0 saturated heterocycles. The molecular weight excluding hydrogens is 172 g/mol. The Morgan fingerprint density at radius 1 is 0.857 bits per heavy atom. The van der Waals surface area contributed by atoms with Crippen LogP contribution in [0.4, 0.5) is 0 Å². The maximum atomic E-state index is 7.00. The van der Waals surface area contributed by atoms with Gasteiger partial charge in [0.25, 0.3) is 0 Å². The molecular formula is C13H24O. The van der Waals surface area contributed by atoms with Gasteiger partial charge in [-0.3, -0.25) is 0 Å². The average Bonchev–Trinajstić information content (AvgIpc) is 2.24. The van der Waals surface area contributed by atoms with E-state index in [1.165, 1.54) is 5.56 Å². The second-order valence-corrected chi connectivity index (χ2v) is 3.62. The molecule has 0 unspecified atom stereocenters. The molecule has 0 aliphatic carbocycles. The molecule has 0 amide bonds. The van der Waals surface area contributed by atoms with Crippen LogP contribution in [0.2, 0.25) is 0 Å². The molecule has 0 bridgehead atoms. The zero-order valence-corrected chi connectivity index (χ0v) is 10.3. The Bertz CT molecular complexity index is 196. The van der Waals surface area contributed by atoms with Crippen LogP contribution in [0.5, 0.6) is 0 Å². The van der Waals surface area contributed by atoms with Crippen LogP contribution in [0.25, 0.3) is 0 Å². The molecule has 1 rings (SSSR count). The third kappa shape index (κ3) is 6.67. The van der Waals surface area contributed by atoms with Crippen LogP contribution in [-0.2, 0) is 5.41 Å². The van der Waals surface area contributed by atoms with E-state index in [2.05, 4.69) is 51.1 Å². The van der Waals surface area contributed by atoms with Gasteiger partial charge in [0, 0.05) is 7.11 Å². The van der Waals surface area contributed by atoms with Crippen LogP contribution in [0, 0.1) is 0 Å². The SMILES string of the molecule is CC.CC(C)(C)c1ccccc1.CO. The van der Waals surface area contributed by atoms with Gasteiger partial charge in [0.15, 0.2) is 0 Å². The van der Waals surface area contributed by atoms with E-state index in [1.54, 1.807) is 0 Å². The topological polar surface area (TPSA) is 20.2 Å². The van der Waals surface area contributed by atoms with Crippen LogP contribution in [0.1, 0.15) is 40.2 Å². The van der Waals surface area contributed by atoms with Gasteiger partial charge in [-0.2, -0.15) is 0 Å². The van der Waals surface area contributed by atoms with Crippen molar-refractivity contribution in [1.29, 1.82) is 0 Å². The minimum Gasteiger partial charge on any atom is -0.400 e. The third-order valence-electron chi connectivity index (χ3n) is 1.64. The van der Waals surface area contributed by atoms with E-state index in [0.29, 0.717) is 5.41 Å². The van der Waals surface area contributed by atoms with Gasteiger partial charge in [-0.05, 0) is 11.0 Å². The van der Waals surface area contributed by atoms with Crippen molar-refractivity contribution in [2.75, 3.05) is 7.11 Å². The molecule has 14 heavy (non-hydrogen) atoms. The lowest BCUT2D eigenvalue weighted by Crippen LogP contribution is -2.10. The molecule has 0 spiro atoms. The van der Waals surface area contributed by atoms with Crippen LogP contribution in [0.15, 0.2) is 30.3 Å².